The van der Waals surface area contributed by atoms with Crippen molar-refractivity contribution in [3.05, 3.63) is 10.0 Å². The van der Waals surface area contributed by atoms with E-state index >= 15 is 0 Å². The molecule has 1 fully saturated rings. The molecule has 96 valence electrons. The normalized spacial score (nSPS) is 29.7. The average molecular weight is 275 g/mol. The molecule has 1 saturated heterocycles. The minimum absolute atomic E-state index is 0.0240. The van der Waals surface area contributed by atoms with E-state index in [1.54, 1.807) is 0 Å². The van der Waals surface area contributed by atoms with Gasteiger partial charge in [0, 0.05) is 12.6 Å². The maximum Gasteiger partial charge on any atom is 0.187 e. The highest BCUT2D eigenvalue weighted by atomic mass is 35.5. The zero-order valence-electron chi connectivity index (χ0n) is 10.5. The molecular weight excluding hydrogens is 256 g/mol. The van der Waals surface area contributed by atoms with Crippen molar-refractivity contribution in [1.82, 2.24) is 4.98 Å². The minimum Gasteiger partial charge on any atom is -0.391 e. The second-order valence-electron chi connectivity index (χ2n) is 5.08. The molecule has 0 aliphatic carbocycles. The monoisotopic (exact) mass is 274 g/mol. The summed E-state index contributed by atoms with van der Waals surface area (Å²) in [7, 11) is 0. The zero-order chi connectivity index (χ0) is 12.6. The molecule has 3 unspecified atom stereocenters. The van der Waals surface area contributed by atoms with Crippen LogP contribution in [0.3, 0.4) is 0 Å². The van der Waals surface area contributed by atoms with Gasteiger partial charge in [-0.05, 0) is 25.2 Å². The first-order valence-corrected chi connectivity index (χ1v) is 7.25. The van der Waals surface area contributed by atoms with E-state index in [-0.39, 0.29) is 6.61 Å². The van der Waals surface area contributed by atoms with Crippen molar-refractivity contribution in [2.24, 2.45) is 11.8 Å². The predicted octanol–water partition coefficient (Wildman–Crippen LogP) is 3.16. The maximum absolute atomic E-state index is 9.17. The fourth-order valence-electron chi connectivity index (χ4n) is 2.51. The molecule has 0 spiro atoms. The summed E-state index contributed by atoms with van der Waals surface area (Å²) in [6.45, 7) is 7.81. The van der Waals surface area contributed by atoms with Gasteiger partial charge >= 0.3 is 0 Å². The molecule has 1 aliphatic rings. The van der Waals surface area contributed by atoms with Crippen molar-refractivity contribution >= 4 is 28.1 Å². The maximum atomic E-state index is 9.17. The molecule has 0 radical (unpaired) electrons. The number of anilines is 1. The minimum atomic E-state index is -0.0240. The summed E-state index contributed by atoms with van der Waals surface area (Å²) in [5.74, 6) is 1.35. The zero-order valence-corrected chi connectivity index (χ0v) is 12.1. The molecular formula is C12H19ClN2OS. The third kappa shape index (κ3) is 2.59. The number of hydrogen-bond acceptors (Lipinski definition) is 4. The Morgan fingerprint density at radius 3 is 2.76 bits per heavy atom. The molecule has 1 N–H and O–H groups in total. The van der Waals surface area contributed by atoms with E-state index in [9.17, 15) is 0 Å². The van der Waals surface area contributed by atoms with Crippen LogP contribution in [0, 0.1) is 11.8 Å². The molecule has 0 amide bonds. The molecule has 3 atom stereocenters. The lowest BCUT2D eigenvalue weighted by molar-refractivity contribution is 0.285. The SMILES string of the molecule is CC1CC(C)C(C)N(c2nc(Cl)c(CO)s2)C1. The standard InChI is InChI=1S/C12H19ClN2OS/c1-7-4-8(2)9(3)15(5-7)12-14-11(13)10(6-16)17-12/h7-9,16H,4-6H2,1-3H3. The quantitative estimate of drug-likeness (QED) is 0.900. The van der Waals surface area contributed by atoms with Gasteiger partial charge in [0.15, 0.2) is 5.13 Å². The Balaban J connectivity index is 2.24. The van der Waals surface area contributed by atoms with Crippen LogP contribution in [0.2, 0.25) is 5.15 Å². The Hall–Kier alpha value is -0.320. The van der Waals surface area contributed by atoms with Crippen LogP contribution < -0.4 is 4.90 Å². The van der Waals surface area contributed by atoms with E-state index in [4.69, 9.17) is 16.7 Å². The fraction of sp³-hybridized carbons (Fsp3) is 0.750. The van der Waals surface area contributed by atoms with Gasteiger partial charge in [-0.2, -0.15) is 0 Å². The molecule has 1 aliphatic heterocycles. The van der Waals surface area contributed by atoms with Crippen molar-refractivity contribution in [3.63, 3.8) is 0 Å². The van der Waals surface area contributed by atoms with Gasteiger partial charge in [-0.15, -0.1) is 0 Å². The topological polar surface area (TPSA) is 36.4 Å². The molecule has 2 rings (SSSR count). The number of piperidine rings is 1. The summed E-state index contributed by atoms with van der Waals surface area (Å²) in [4.78, 5) is 7.47. The number of rotatable bonds is 2. The number of aliphatic hydroxyl groups excluding tert-OH is 1. The van der Waals surface area contributed by atoms with Gasteiger partial charge in [0.25, 0.3) is 0 Å². The van der Waals surface area contributed by atoms with Gasteiger partial charge in [-0.1, -0.05) is 36.8 Å². The summed E-state index contributed by atoms with van der Waals surface area (Å²) in [5, 5.41) is 10.6. The summed E-state index contributed by atoms with van der Waals surface area (Å²) in [6.07, 6.45) is 1.27. The van der Waals surface area contributed by atoms with Crippen LogP contribution in [-0.2, 0) is 6.61 Å². The molecule has 17 heavy (non-hydrogen) atoms. The fourth-order valence-corrected chi connectivity index (χ4v) is 3.72. The lowest BCUT2D eigenvalue weighted by Gasteiger charge is -2.41. The number of thiazole rings is 1. The molecule has 2 heterocycles. The van der Waals surface area contributed by atoms with Crippen LogP contribution in [0.25, 0.3) is 0 Å². The first kappa shape index (κ1) is 13.1. The first-order chi connectivity index (χ1) is 8.02. The van der Waals surface area contributed by atoms with Crippen molar-refractivity contribution in [2.45, 2.75) is 39.8 Å². The number of halogens is 1. The largest absolute Gasteiger partial charge is 0.391 e. The summed E-state index contributed by atoms with van der Waals surface area (Å²) < 4.78 is 0. The van der Waals surface area contributed by atoms with E-state index in [0.717, 1.165) is 16.6 Å². The van der Waals surface area contributed by atoms with Gasteiger partial charge in [-0.3, -0.25) is 0 Å². The Morgan fingerprint density at radius 2 is 2.18 bits per heavy atom. The van der Waals surface area contributed by atoms with E-state index in [0.29, 0.717) is 23.0 Å². The van der Waals surface area contributed by atoms with Gasteiger partial charge in [0.1, 0.15) is 5.15 Å². The number of aromatic nitrogens is 1. The van der Waals surface area contributed by atoms with Crippen molar-refractivity contribution in [1.29, 1.82) is 0 Å². The second kappa shape index (κ2) is 5.12. The van der Waals surface area contributed by atoms with Crippen LogP contribution in [-0.4, -0.2) is 22.7 Å². The lowest BCUT2D eigenvalue weighted by atomic mass is 9.86. The number of aliphatic hydroxyl groups is 1. The van der Waals surface area contributed by atoms with Crippen LogP contribution in [0.4, 0.5) is 5.13 Å². The molecule has 3 nitrogen and oxygen atoms in total. The van der Waals surface area contributed by atoms with Crippen LogP contribution in [0.1, 0.15) is 32.1 Å². The first-order valence-electron chi connectivity index (χ1n) is 6.05. The van der Waals surface area contributed by atoms with Gasteiger partial charge < -0.3 is 10.0 Å². The molecule has 1 aromatic rings. The van der Waals surface area contributed by atoms with Gasteiger partial charge in [0.05, 0.1) is 11.5 Å². The Labute approximate surface area is 111 Å². The average Bonchev–Trinajstić information content (AvgIpc) is 2.64. The van der Waals surface area contributed by atoms with Crippen molar-refractivity contribution in [2.75, 3.05) is 11.4 Å². The molecule has 5 heteroatoms. The lowest BCUT2D eigenvalue weighted by Crippen LogP contribution is -2.45. The molecule has 1 aromatic heterocycles. The number of hydrogen-bond donors (Lipinski definition) is 1. The molecule has 0 aromatic carbocycles. The summed E-state index contributed by atoms with van der Waals surface area (Å²) in [5.41, 5.74) is 0. The smallest absolute Gasteiger partial charge is 0.187 e. The van der Waals surface area contributed by atoms with E-state index in [2.05, 4.69) is 30.7 Å². The Bertz CT molecular complexity index is 396. The highest BCUT2D eigenvalue weighted by molar-refractivity contribution is 7.16. The summed E-state index contributed by atoms with van der Waals surface area (Å²) >= 11 is 7.50. The third-order valence-electron chi connectivity index (χ3n) is 3.63. The molecule has 0 saturated carbocycles. The van der Waals surface area contributed by atoms with E-state index < -0.39 is 0 Å². The third-order valence-corrected chi connectivity index (χ3v) is 5.13. The predicted molar refractivity (Wildman–Crippen MR) is 72.8 cm³/mol. The van der Waals surface area contributed by atoms with Crippen molar-refractivity contribution < 1.29 is 5.11 Å². The van der Waals surface area contributed by atoms with Crippen LogP contribution in [0.5, 0.6) is 0 Å². The van der Waals surface area contributed by atoms with Gasteiger partial charge in [0.2, 0.25) is 0 Å². The Morgan fingerprint density at radius 1 is 1.47 bits per heavy atom. The van der Waals surface area contributed by atoms with Gasteiger partial charge in [-0.25, -0.2) is 4.98 Å². The Kier molecular flexibility index (Phi) is 3.95. The van der Waals surface area contributed by atoms with E-state index in [1.807, 2.05) is 0 Å². The van der Waals surface area contributed by atoms with E-state index in [1.165, 1.54) is 17.8 Å². The molecule has 0 bridgehead atoms. The van der Waals surface area contributed by atoms with Crippen LogP contribution >= 0.6 is 22.9 Å². The highest BCUT2D eigenvalue weighted by Crippen LogP contribution is 2.36. The second-order valence-corrected chi connectivity index (χ2v) is 6.50. The highest BCUT2D eigenvalue weighted by Gasteiger charge is 2.30. The number of nitrogens with zero attached hydrogens (tertiary/aromatic N) is 2. The van der Waals surface area contributed by atoms with Crippen LogP contribution in [0.15, 0.2) is 0 Å². The van der Waals surface area contributed by atoms with Crippen molar-refractivity contribution in [3.8, 4) is 0 Å². The summed E-state index contributed by atoms with van der Waals surface area (Å²) in [6, 6.07) is 0.486.